The normalized spacial score (nSPS) is 23.6. The molecule has 1 amide bonds. The van der Waals surface area contributed by atoms with E-state index in [-0.39, 0.29) is 23.0 Å². The molecule has 0 aliphatic carbocycles. The quantitative estimate of drug-likeness (QED) is 0.460. The smallest absolute Gasteiger partial charge is 0.410 e. The van der Waals surface area contributed by atoms with Crippen molar-refractivity contribution in [1.82, 2.24) is 10.2 Å². The fourth-order valence-electron chi connectivity index (χ4n) is 5.32. The molecule has 2 atom stereocenters. The minimum absolute atomic E-state index is 0.0759. The highest BCUT2D eigenvalue weighted by Gasteiger charge is 2.56. The number of rotatable bonds is 4. The van der Waals surface area contributed by atoms with Crippen LogP contribution in [-0.4, -0.2) is 60.6 Å². The van der Waals surface area contributed by atoms with Crippen LogP contribution in [0.5, 0.6) is 5.75 Å². The first-order valence-electron chi connectivity index (χ1n) is 12.6. The van der Waals surface area contributed by atoms with Gasteiger partial charge < -0.3 is 24.4 Å². The summed E-state index contributed by atoms with van der Waals surface area (Å²) in [5.74, 6) is -0.628. The molecule has 3 aliphatic rings. The van der Waals surface area contributed by atoms with E-state index in [2.05, 4.69) is 5.32 Å². The SMILES string of the molecule is CC(C)(C)OC(=O)N1CCC(Oc2ccc(C(=O)C3CNC[C@@]34OC(=O)c3ccccc34)c(Cl)c2)CC1. The van der Waals surface area contributed by atoms with Crippen LogP contribution in [0.4, 0.5) is 4.79 Å². The van der Waals surface area contributed by atoms with Crippen LogP contribution in [0.25, 0.3) is 0 Å². The highest BCUT2D eigenvalue weighted by molar-refractivity contribution is 6.34. The Morgan fingerprint density at radius 1 is 1.14 bits per heavy atom. The molecule has 2 fully saturated rings. The number of hydrogen-bond donors (Lipinski definition) is 1. The number of likely N-dealkylation sites (tertiary alicyclic amines) is 1. The van der Waals surface area contributed by atoms with Gasteiger partial charge in [0.05, 0.1) is 16.5 Å². The molecule has 1 unspecified atom stereocenters. The summed E-state index contributed by atoms with van der Waals surface area (Å²) >= 11 is 6.57. The molecule has 0 bridgehead atoms. The second kappa shape index (κ2) is 9.65. The maximum atomic E-state index is 13.6. The van der Waals surface area contributed by atoms with E-state index in [1.165, 1.54) is 0 Å². The number of nitrogens with one attached hydrogen (secondary N) is 1. The second-order valence-corrected chi connectivity index (χ2v) is 11.2. The number of piperidine rings is 1. The van der Waals surface area contributed by atoms with Crippen molar-refractivity contribution in [3.05, 3.63) is 64.2 Å². The fraction of sp³-hybridized carbons (Fsp3) is 0.464. The largest absolute Gasteiger partial charge is 0.490 e. The molecular formula is C28H31ClN2O6. The van der Waals surface area contributed by atoms with Crippen LogP contribution in [0, 0.1) is 5.92 Å². The van der Waals surface area contributed by atoms with E-state index >= 15 is 0 Å². The Morgan fingerprint density at radius 3 is 2.57 bits per heavy atom. The molecular weight excluding hydrogens is 496 g/mol. The lowest BCUT2D eigenvalue weighted by Crippen LogP contribution is -2.44. The van der Waals surface area contributed by atoms with Gasteiger partial charge in [0.1, 0.15) is 17.5 Å². The van der Waals surface area contributed by atoms with Crippen molar-refractivity contribution in [3.8, 4) is 5.75 Å². The van der Waals surface area contributed by atoms with Gasteiger partial charge in [-0.05, 0) is 45.0 Å². The molecule has 0 saturated carbocycles. The molecule has 0 radical (unpaired) electrons. The monoisotopic (exact) mass is 526 g/mol. The number of amides is 1. The van der Waals surface area contributed by atoms with E-state index in [0.717, 1.165) is 5.56 Å². The fourth-order valence-corrected chi connectivity index (χ4v) is 5.59. The van der Waals surface area contributed by atoms with E-state index in [0.29, 0.717) is 55.9 Å². The summed E-state index contributed by atoms with van der Waals surface area (Å²) in [5, 5.41) is 3.51. The number of fused-ring (bicyclic) bond motifs is 2. The number of ether oxygens (including phenoxy) is 3. The minimum atomic E-state index is -1.04. The van der Waals surface area contributed by atoms with Gasteiger partial charge in [-0.25, -0.2) is 9.59 Å². The Balaban J connectivity index is 1.25. The molecule has 9 heteroatoms. The molecule has 0 aromatic heterocycles. The van der Waals surface area contributed by atoms with Crippen LogP contribution in [0.2, 0.25) is 5.02 Å². The van der Waals surface area contributed by atoms with Gasteiger partial charge in [-0.1, -0.05) is 29.8 Å². The lowest BCUT2D eigenvalue weighted by molar-refractivity contribution is -0.0159. The average molecular weight is 527 g/mol. The number of benzene rings is 2. The number of halogens is 1. The van der Waals surface area contributed by atoms with Crippen molar-refractivity contribution in [3.63, 3.8) is 0 Å². The first kappa shape index (κ1) is 25.5. The zero-order valence-electron chi connectivity index (χ0n) is 21.2. The lowest BCUT2D eigenvalue weighted by atomic mass is 9.79. The topological polar surface area (TPSA) is 94.2 Å². The molecule has 8 nitrogen and oxygen atoms in total. The first-order chi connectivity index (χ1) is 17.6. The number of esters is 1. The van der Waals surface area contributed by atoms with Gasteiger partial charge in [0.2, 0.25) is 0 Å². The number of Topliss-reactive ketones (excluding diaryl/α,β-unsaturated/α-hetero) is 1. The van der Waals surface area contributed by atoms with Crippen LogP contribution >= 0.6 is 11.6 Å². The molecule has 196 valence electrons. The van der Waals surface area contributed by atoms with Crippen molar-refractivity contribution in [2.24, 2.45) is 5.92 Å². The zero-order chi connectivity index (χ0) is 26.4. The minimum Gasteiger partial charge on any atom is -0.490 e. The number of carbonyl (C=O) groups is 3. The average Bonchev–Trinajstić information content (AvgIpc) is 3.39. The van der Waals surface area contributed by atoms with E-state index in [9.17, 15) is 14.4 Å². The van der Waals surface area contributed by atoms with Crippen molar-refractivity contribution >= 4 is 29.4 Å². The zero-order valence-corrected chi connectivity index (χ0v) is 22.0. The number of nitrogens with zero attached hydrogens (tertiary/aromatic N) is 1. The molecule has 5 rings (SSSR count). The maximum Gasteiger partial charge on any atom is 0.410 e. The van der Waals surface area contributed by atoms with Gasteiger partial charge in [0.15, 0.2) is 11.4 Å². The van der Waals surface area contributed by atoms with Crippen LogP contribution in [0.3, 0.4) is 0 Å². The summed E-state index contributed by atoms with van der Waals surface area (Å²) in [7, 11) is 0. The standard InChI is InChI=1S/C28H31ClN2O6/c1-27(2,3)37-26(34)31-12-10-17(11-13-31)35-18-8-9-20(23(29)14-18)24(32)22-15-30-16-28(22)21-7-5-4-6-19(21)25(33)36-28/h4-9,14,17,22,30H,10-13,15-16H2,1-3H3/t22?,28-/m0/s1. The molecule has 37 heavy (non-hydrogen) atoms. The Bertz CT molecular complexity index is 1230. The Kier molecular flexibility index (Phi) is 6.66. The van der Waals surface area contributed by atoms with Crippen molar-refractivity contribution in [1.29, 1.82) is 0 Å². The van der Waals surface area contributed by atoms with Crippen molar-refractivity contribution in [2.75, 3.05) is 26.2 Å². The third-order valence-electron chi connectivity index (χ3n) is 7.10. The Labute approximate surface area is 221 Å². The van der Waals surface area contributed by atoms with E-state index in [1.54, 1.807) is 35.2 Å². The summed E-state index contributed by atoms with van der Waals surface area (Å²) in [4.78, 5) is 40.1. The predicted octanol–water partition coefficient (Wildman–Crippen LogP) is 4.59. The molecule has 1 spiro atoms. The van der Waals surface area contributed by atoms with Crippen molar-refractivity contribution in [2.45, 2.75) is 50.9 Å². The van der Waals surface area contributed by atoms with Gasteiger partial charge in [0.25, 0.3) is 0 Å². The van der Waals surface area contributed by atoms with Crippen LogP contribution < -0.4 is 10.1 Å². The molecule has 1 N–H and O–H groups in total. The summed E-state index contributed by atoms with van der Waals surface area (Å²) in [6, 6.07) is 12.3. The third kappa shape index (κ3) is 4.92. The molecule has 2 saturated heterocycles. The van der Waals surface area contributed by atoms with Gasteiger partial charge >= 0.3 is 12.1 Å². The Morgan fingerprint density at radius 2 is 1.86 bits per heavy atom. The summed E-state index contributed by atoms with van der Waals surface area (Å²) in [6.07, 6.45) is 0.941. The molecule has 3 aliphatic heterocycles. The maximum absolute atomic E-state index is 13.6. The number of hydrogen-bond acceptors (Lipinski definition) is 7. The van der Waals surface area contributed by atoms with Gasteiger partial charge in [-0.15, -0.1) is 0 Å². The van der Waals surface area contributed by atoms with Crippen molar-refractivity contribution < 1.29 is 28.6 Å². The molecule has 2 aromatic rings. The van der Waals surface area contributed by atoms with Crippen LogP contribution in [0.15, 0.2) is 42.5 Å². The summed E-state index contributed by atoms with van der Waals surface area (Å²) in [5.41, 5.74) is 0.0268. The van der Waals surface area contributed by atoms with E-state index < -0.39 is 23.1 Å². The third-order valence-corrected chi connectivity index (χ3v) is 7.41. The van der Waals surface area contributed by atoms with Gasteiger partial charge in [0, 0.05) is 50.1 Å². The van der Waals surface area contributed by atoms with Crippen LogP contribution in [0.1, 0.15) is 59.9 Å². The van der Waals surface area contributed by atoms with Gasteiger partial charge in [-0.2, -0.15) is 0 Å². The highest BCUT2D eigenvalue weighted by Crippen LogP contribution is 2.46. The van der Waals surface area contributed by atoms with E-state index in [4.69, 9.17) is 25.8 Å². The highest BCUT2D eigenvalue weighted by atomic mass is 35.5. The molecule has 3 heterocycles. The second-order valence-electron chi connectivity index (χ2n) is 10.8. The molecule has 2 aromatic carbocycles. The van der Waals surface area contributed by atoms with Crippen LogP contribution in [-0.2, 0) is 15.1 Å². The van der Waals surface area contributed by atoms with E-state index in [1.807, 2.05) is 32.9 Å². The summed E-state index contributed by atoms with van der Waals surface area (Å²) < 4.78 is 17.4. The predicted molar refractivity (Wildman–Crippen MR) is 137 cm³/mol. The summed E-state index contributed by atoms with van der Waals surface area (Å²) in [6.45, 7) is 7.38. The first-order valence-corrected chi connectivity index (χ1v) is 13.0. The number of carbonyl (C=O) groups excluding carboxylic acids is 3. The lowest BCUT2D eigenvalue weighted by Gasteiger charge is -2.33. The van der Waals surface area contributed by atoms with Gasteiger partial charge in [-0.3, -0.25) is 4.79 Å². The Hall–Kier alpha value is -3.10. The number of ketones is 1.